The maximum Gasteiger partial charge on any atom is 0.114 e. The minimum absolute atomic E-state index is 0.0840. The minimum atomic E-state index is -0.708. The van der Waals surface area contributed by atoms with Crippen molar-refractivity contribution in [3.8, 4) is 30.3 Å². The fourth-order valence-electron chi connectivity index (χ4n) is 2.32. The van der Waals surface area contributed by atoms with Crippen LogP contribution in [0, 0.1) is 56.7 Å². The van der Waals surface area contributed by atoms with Gasteiger partial charge >= 0.3 is 0 Å². The lowest BCUT2D eigenvalue weighted by Gasteiger charge is -2.33. The summed E-state index contributed by atoms with van der Waals surface area (Å²) in [7, 11) is 0. The van der Waals surface area contributed by atoms with Crippen molar-refractivity contribution in [2.24, 2.45) is 0 Å². The molecule has 0 aliphatic rings. The predicted molar refractivity (Wildman–Crippen MR) is 102 cm³/mol. The van der Waals surface area contributed by atoms with Crippen molar-refractivity contribution in [1.29, 1.82) is 26.3 Å². The van der Waals surface area contributed by atoms with Gasteiger partial charge in [-0.1, -0.05) is 0 Å². The summed E-state index contributed by atoms with van der Waals surface area (Å²) in [5, 5.41) is 43.7. The van der Waals surface area contributed by atoms with E-state index in [0.717, 1.165) is 0 Å². The van der Waals surface area contributed by atoms with Crippen LogP contribution < -0.4 is 0 Å². The molecule has 162 valence electrons. The summed E-state index contributed by atoms with van der Waals surface area (Å²) in [6, 6.07) is 9.96. The summed E-state index contributed by atoms with van der Waals surface area (Å²) in [5.74, 6) is 0. The maximum absolute atomic E-state index is 8.83. The van der Waals surface area contributed by atoms with Gasteiger partial charge < -0.3 is 23.7 Å². The van der Waals surface area contributed by atoms with Gasteiger partial charge in [0.1, 0.15) is 18.3 Å². The SMILES string of the molecule is N#CCCOCC(OCCC#N)C(OCCC#N)C(COCCC#N)OCCC#N. The molecule has 2 unspecified atom stereocenters. The van der Waals surface area contributed by atoms with Crippen molar-refractivity contribution < 1.29 is 23.7 Å². The highest BCUT2D eigenvalue weighted by Gasteiger charge is 2.33. The van der Waals surface area contributed by atoms with Crippen LogP contribution in [0.3, 0.4) is 0 Å². The lowest BCUT2D eigenvalue weighted by Crippen LogP contribution is -2.47. The highest BCUT2D eigenvalue weighted by molar-refractivity contribution is 4.83. The molecule has 0 aliphatic carbocycles. The molecule has 30 heavy (non-hydrogen) atoms. The Labute approximate surface area is 177 Å². The van der Waals surface area contributed by atoms with Gasteiger partial charge in [-0.05, 0) is 0 Å². The molecule has 10 nitrogen and oxygen atoms in total. The van der Waals surface area contributed by atoms with E-state index in [-0.39, 0.29) is 78.4 Å². The summed E-state index contributed by atoms with van der Waals surface area (Å²) in [5.41, 5.74) is 0. The Balaban J connectivity index is 5.34. The van der Waals surface area contributed by atoms with E-state index in [9.17, 15) is 0 Å². The smallest absolute Gasteiger partial charge is 0.114 e. The normalized spacial score (nSPS) is 13.0. The van der Waals surface area contributed by atoms with Crippen LogP contribution in [0.15, 0.2) is 0 Å². The lowest BCUT2D eigenvalue weighted by atomic mass is 10.1. The molecule has 0 saturated heterocycles. The first-order valence-corrected chi connectivity index (χ1v) is 9.60. The monoisotopic (exact) mass is 417 g/mol. The second-order valence-electron chi connectivity index (χ2n) is 5.84. The molecule has 0 fully saturated rings. The van der Waals surface area contributed by atoms with Gasteiger partial charge in [-0.2, -0.15) is 26.3 Å². The number of nitriles is 5. The standard InChI is InChI=1S/C20H27N5O5/c21-6-1-11-26-16-18(28-13-3-8-23)20(30-15-5-10-25)19(29-14-4-9-24)17-27-12-2-7-22/h18-20H,1-5,11-17H2. The van der Waals surface area contributed by atoms with Gasteiger partial charge in [0, 0.05) is 0 Å². The van der Waals surface area contributed by atoms with E-state index < -0.39 is 18.3 Å². The zero-order valence-electron chi connectivity index (χ0n) is 17.0. The van der Waals surface area contributed by atoms with Crippen LogP contribution in [0.5, 0.6) is 0 Å². The van der Waals surface area contributed by atoms with Crippen molar-refractivity contribution in [2.45, 2.75) is 50.4 Å². The van der Waals surface area contributed by atoms with E-state index in [1.54, 1.807) is 0 Å². The highest BCUT2D eigenvalue weighted by atomic mass is 16.6. The molecule has 0 aliphatic heterocycles. The van der Waals surface area contributed by atoms with Crippen molar-refractivity contribution in [2.75, 3.05) is 46.2 Å². The molecule has 0 N–H and O–H groups in total. The highest BCUT2D eigenvalue weighted by Crippen LogP contribution is 2.16. The van der Waals surface area contributed by atoms with E-state index in [1.807, 2.05) is 30.3 Å². The molecule has 10 heteroatoms. The number of ether oxygens (including phenoxy) is 5. The molecule has 0 aromatic rings. The molecule has 0 spiro atoms. The van der Waals surface area contributed by atoms with E-state index >= 15 is 0 Å². The molecule has 0 radical (unpaired) electrons. The van der Waals surface area contributed by atoms with Crippen LogP contribution in [-0.4, -0.2) is 64.6 Å². The van der Waals surface area contributed by atoms with E-state index in [0.29, 0.717) is 0 Å². The number of hydrogen-bond donors (Lipinski definition) is 0. The molecule has 0 saturated carbocycles. The first kappa shape index (κ1) is 27.2. The molecule has 0 aromatic heterocycles. The zero-order chi connectivity index (χ0) is 22.3. The summed E-state index contributed by atoms with van der Waals surface area (Å²) < 4.78 is 28.4. The third-order valence-electron chi connectivity index (χ3n) is 3.63. The Morgan fingerprint density at radius 2 is 0.800 bits per heavy atom. The van der Waals surface area contributed by atoms with Gasteiger partial charge in [0.15, 0.2) is 0 Å². The van der Waals surface area contributed by atoms with E-state index in [2.05, 4.69) is 0 Å². The fraction of sp³-hybridized carbons (Fsp3) is 0.750. The van der Waals surface area contributed by atoms with Crippen LogP contribution in [-0.2, 0) is 23.7 Å². The lowest BCUT2D eigenvalue weighted by molar-refractivity contribution is -0.167. The molecule has 0 bridgehead atoms. The molecule has 0 heterocycles. The largest absolute Gasteiger partial charge is 0.378 e. The average Bonchev–Trinajstić information content (AvgIpc) is 2.75. The predicted octanol–water partition coefficient (Wildman–Crippen LogP) is 1.74. The maximum atomic E-state index is 8.83. The number of nitrogens with zero attached hydrogens (tertiary/aromatic N) is 5. The zero-order valence-corrected chi connectivity index (χ0v) is 17.0. The van der Waals surface area contributed by atoms with Crippen LogP contribution >= 0.6 is 0 Å². The third-order valence-corrected chi connectivity index (χ3v) is 3.63. The molecule has 0 aromatic carbocycles. The number of rotatable bonds is 19. The quantitative estimate of drug-likeness (QED) is 0.282. The Bertz CT molecular complexity index is 594. The molecule has 2 atom stereocenters. The Morgan fingerprint density at radius 1 is 0.467 bits per heavy atom. The Kier molecular flexibility index (Phi) is 19.0. The van der Waals surface area contributed by atoms with Gasteiger partial charge in [-0.25, -0.2) is 0 Å². The van der Waals surface area contributed by atoms with Gasteiger partial charge in [-0.15, -0.1) is 0 Å². The van der Waals surface area contributed by atoms with Gasteiger partial charge in [0.25, 0.3) is 0 Å². The first-order valence-electron chi connectivity index (χ1n) is 9.60. The summed E-state index contributed by atoms with van der Waals surface area (Å²) in [4.78, 5) is 0. The third kappa shape index (κ3) is 14.3. The Hall–Kier alpha value is -2.75. The summed E-state index contributed by atoms with van der Waals surface area (Å²) in [6.45, 7) is 0.980. The van der Waals surface area contributed by atoms with Crippen LogP contribution in [0.4, 0.5) is 0 Å². The summed E-state index contributed by atoms with van der Waals surface area (Å²) >= 11 is 0. The van der Waals surface area contributed by atoms with Crippen LogP contribution in [0.2, 0.25) is 0 Å². The first-order chi connectivity index (χ1) is 14.7. The van der Waals surface area contributed by atoms with E-state index in [4.69, 9.17) is 50.0 Å². The average molecular weight is 417 g/mol. The van der Waals surface area contributed by atoms with Crippen molar-refractivity contribution in [3.63, 3.8) is 0 Å². The van der Waals surface area contributed by atoms with Crippen molar-refractivity contribution in [3.05, 3.63) is 0 Å². The van der Waals surface area contributed by atoms with E-state index in [1.165, 1.54) is 0 Å². The number of hydrogen-bond acceptors (Lipinski definition) is 10. The Morgan fingerprint density at radius 3 is 1.17 bits per heavy atom. The van der Waals surface area contributed by atoms with Gasteiger partial charge in [0.2, 0.25) is 0 Å². The van der Waals surface area contributed by atoms with Crippen LogP contribution in [0.25, 0.3) is 0 Å². The second-order valence-corrected chi connectivity index (χ2v) is 5.84. The molecule has 0 rings (SSSR count). The molecular weight excluding hydrogens is 390 g/mol. The topological polar surface area (TPSA) is 165 Å². The van der Waals surface area contributed by atoms with Crippen molar-refractivity contribution >= 4 is 0 Å². The fourth-order valence-corrected chi connectivity index (χ4v) is 2.32. The van der Waals surface area contributed by atoms with Gasteiger partial charge in [0.05, 0.1) is 109 Å². The van der Waals surface area contributed by atoms with Gasteiger partial charge in [-0.3, -0.25) is 0 Å². The molecular formula is C20H27N5O5. The summed E-state index contributed by atoms with van der Waals surface area (Å²) in [6.07, 6.45) is -1.10. The van der Waals surface area contributed by atoms with Crippen molar-refractivity contribution in [1.82, 2.24) is 0 Å². The minimum Gasteiger partial charge on any atom is -0.378 e. The second kappa shape index (κ2) is 21.0. The molecule has 0 amide bonds. The van der Waals surface area contributed by atoms with Crippen LogP contribution in [0.1, 0.15) is 32.1 Å².